The number of hydrogen-bond donors (Lipinski definition) is 2. The largest absolute Gasteiger partial charge is 0.389 e. The second-order valence-electron chi connectivity index (χ2n) is 5.01. The van der Waals surface area contributed by atoms with Gasteiger partial charge in [0.15, 0.2) is 0 Å². The normalized spacial score (nSPS) is 17.4. The summed E-state index contributed by atoms with van der Waals surface area (Å²) in [5, 5.41) is 0. The molecule has 4 nitrogen and oxygen atoms in total. The zero-order valence-electron chi connectivity index (χ0n) is 10.4. The van der Waals surface area contributed by atoms with Crippen LogP contribution in [0.5, 0.6) is 0 Å². The van der Waals surface area contributed by atoms with E-state index in [1.54, 1.807) is 19.1 Å². The van der Waals surface area contributed by atoms with Crippen molar-refractivity contribution in [3.05, 3.63) is 29.3 Å². The number of nitrogens with two attached hydrogens (primary N) is 1. The molecular formula is C12H16N2O2S2. The fourth-order valence-electron chi connectivity index (χ4n) is 1.71. The molecule has 3 N–H and O–H groups in total. The van der Waals surface area contributed by atoms with Gasteiger partial charge in [-0.2, -0.15) is 0 Å². The average molecular weight is 284 g/mol. The van der Waals surface area contributed by atoms with Gasteiger partial charge in [0.1, 0.15) is 4.99 Å². The first-order valence-electron chi connectivity index (χ1n) is 5.68. The van der Waals surface area contributed by atoms with Crippen molar-refractivity contribution in [2.24, 2.45) is 5.73 Å². The van der Waals surface area contributed by atoms with E-state index in [-0.39, 0.29) is 15.4 Å². The maximum Gasteiger partial charge on any atom is 0.241 e. The summed E-state index contributed by atoms with van der Waals surface area (Å²) in [4.78, 5) is 0.449. The molecule has 0 aromatic heterocycles. The second-order valence-corrected chi connectivity index (χ2v) is 7.10. The van der Waals surface area contributed by atoms with E-state index in [9.17, 15) is 8.42 Å². The van der Waals surface area contributed by atoms with Gasteiger partial charge in [0, 0.05) is 11.1 Å². The van der Waals surface area contributed by atoms with Crippen molar-refractivity contribution in [3.63, 3.8) is 0 Å². The molecule has 0 amide bonds. The predicted molar refractivity (Wildman–Crippen MR) is 75.0 cm³/mol. The monoisotopic (exact) mass is 284 g/mol. The summed E-state index contributed by atoms with van der Waals surface area (Å²) in [5.41, 5.74) is 6.50. The van der Waals surface area contributed by atoms with Crippen molar-refractivity contribution >= 4 is 27.2 Å². The van der Waals surface area contributed by atoms with Crippen molar-refractivity contribution in [2.45, 2.75) is 37.1 Å². The Kier molecular flexibility index (Phi) is 3.21. The molecule has 1 saturated carbocycles. The number of aryl methyl sites for hydroxylation is 1. The molecule has 1 fully saturated rings. The summed E-state index contributed by atoms with van der Waals surface area (Å²) < 4.78 is 27.3. The Hall–Kier alpha value is -0.980. The van der Waals surface area contributed by atoms with Crippen LogP contribution < -0.4 is 10.5 Å². The van der Waals surface area contributed by atoms with Crippen LogP contribution in [0.25, 0.3) is 0 Å². The third-order valence-corrected chi connectivity index (χ3v) is 5.16. The van der Waals surface area contributed by atoms with Crippen molar-refractivity contribution in [1.82, 2.24) is 4.72 Å². The van der Waals surface area contributed by atoms with E-state index in [1.165, 1.54) is 6.07 Å². The minimum Gasteiger partial charge on any atom is -0.389 e. The zero-order valence-corrected chi connectivity index (χ0v) is 12.0. The van der Waals surface area contributed by atoms with Crippen LogP contribution in [0, 0.1) is 6.92 Å². The van der Waals surface area contributed by atoms with Crippen molar-refractivity contribution < 1.29 is 8.42 Å². The van der Waals surface area contributed by atoms with Crippen molar-refractivity contribution in [2.75, 3.05) is 0 Å². The molecule has 98 valence electrons. The highest BCUT2D eigenvalue weighted by Crippen LogP contribution is 2.36. The van der Waals surface area contributed by atoms with Gasteiger partial charge in [-0.05, 0) is 38.3 Å². The van der Waals surface area contributed by atoms with Gasteiger partial charge in [0.05, 0.1) is 4.90 Å². The van der Waals surface area contributed by atoms with Crippen LogP contribution in [-0.2, 0) is 10.0 Å². The molecule has 1 aliphatic rings. The molecule has 0 unspecified atom stereocenters. The van der Waals surface area contributed by atoms with Gasteiger partial charge in [-0.25, -0.2) is 13.1 Å². The Bertz CT molecular complexity index is 605. The van der Waals surface area contributed by atoms with Crippen molar-refractivity contribution in [1.29, 1.82) is 0 Å². The molecular weight excluding hydrogens is 268 g/mol. The molecule has 18 heavy (non-hydrogen) atoms. The highest BCUT2D eigenvalue weighted by Gasteiger charge is 2.41. The Balaban J connectivity index is 2.43. The van der Waals surface area contributed by atoms with Crippen LogP contribution >= 0.6 is 12.2 Å². The first-order chi connectivity index (χ1) is 8.23. The summed E-state index contributed by atoms with van der Waals surface area (Å²) in [6.45, 7) is 3.66. The topological polar surface area (TPSA) is 72.2 Å². The van der Waals surface area contributed by atoms with Gasteiger partial charge in [0.25, 0.3) is 0 Å². The van der Waals surface area contributed by atoms with Crippen LogP contribution in [0.3, 0.4) is 0 Å². The summed E-state index contributed by atoms with van der Waals surface area (Å²) in [7, 11) is -3.51. The van der Waals surface area contributed by atoms with Crippen LogP contribution in [0.2, 0.25) is 0 Å². The molecule has 1 aromatic rings. The van der Waals surface area contributed by atoms with E-state index in [4.69, 9.17) is 18.0 Å². The fourth-order valence-corrected chi connectivity index (χ4v) is 3.58. The standard InChI is InChI=1S/C12H16N2O2S2/c1-8-3-4-9(11(13)17)7-10(8)18(15,16)14-12(2)5-6-12/h3-4,7,14H,5-6H2,1-2H3,(H2,13,17). The fraction of sp³-hybridized carbons (Fsp3) is 0.417. The smallest absolute Gasteiger partial charge is 0.241 e. The molecule has 0 saturated heterocycles. The van der Waals surface area contributed by atoms with Crippen LogP contribution in [-0.4, -0.2) is 18.9 Å². The Morgan fingerprint density at radius 1 is 1.44 bits per heavy atom. The van der Waals surface area contributed by atoms with E-state index >= 15 is 0 Å². The van der Waals surface area contributed by atoms with Gasteiger partial charge in [0.2, 0.25) is 10.0 Å². The number of benzene rings is 1. The Labute approximate surface area is 113 Å². The molecule has 0 bridgehead atoms. The predicted octanol–water partition coefficient (Wildman–Crippen LogP) is 1.46. The van der Waals surface area contributed by atoms with E-state index in [0.717, 1.165) is 12.8 Å². The summed E-state index contributed by atoms with van der Waals surface area (Å²) in [6.07, 6.45) is 1.75. The van der Waals surface area contributed by atoms with Gasteiger partial charge < -0.3 is 5.73 Å². The zero-order chi connectivity index (χ0) is 13.6. The molecule has 2 rings (SSSR count). The van der Waals surface area contributed by atoms with E-state index in [1.807, 2.05) is 6.92 Å². The molecule has 1 aromatic carbocycles. The highest BCUT2D eigenvalue weighted by atomic mass is 32.2. The van der Waals surface area contributed by atoms with Crippen LogP contribution in [0.15, 0.2) is 23.1 Å². The van der Waals surface area contributed by atoms with Crippen molar-refractivity contribution in [3.8, 4) is 0 Å². The Morgan fingerprint density at radius 3 is 2.56 bits per heavy atom. The lowest BCUT2D eigenvalue weighted by molar-refractivity contribution is 0.557. The maximum atomic E-state index is 12.3. The van der Waals surface area contributed by atoms with Gasteiger partial charge in [-0.3, -0.25) is 0 Å². The summed E-state index contributed by atoms with van der Waals surface area (Å²) >= 11 is 4.87. The van der Waals surface area contributed by atoms with Gasteiger partial charge in [-0.15, -0.1) is 0 Å². The highest BCUT2D eigenvalue weighted by molar-refractivity contribution is 7.89. The lowest BCUT2D eigenvalue weighted by atomic mass is 10.1. The number of hydrogen-bond acceptors (Lipinski definition) is 3. The lowest BCUT2D eigenvalue weighted by Gasteiger charge is -2.14. The molecule has 6 heteroatoms. The molecule has 0 aliphatic heterocycles. The molecule has 0 radical (unpaired) electrons. The quantitative estimate of drug-likeness (QED) is 0.821. The minimum absolute atomic E-state index is 0.198. The molecule has 1 aliphatic carbocycles. The first-order valence-corrected chi connectivity index (χ1v) is 7.57. The number of sulfonamides is 1. The van der Waals surface area contributed by atoms with Gasteiger partial charge in [-0.1, -0.05) is 24.4 Å². The molecule has 0 atom stereocenters. The minimum atomic E-state index is -3.51. The SMILES string of the molecule is Cc1ccc(C(N)=S)cc1S(=O)(=O)NC1(C)CC1. The summed E-state index contributed by atoms with van der Waals surface area (Å²) in [5.74, 6) is 0. The maximum absolute atomic E-state index is 12.3. The second kappa shape index (κ2) is 4.29. The first kappa shape index (κ1) is 13.5. The molecule has 0 heterocycles. The van der Waals surface area contributed by atoms with Gasteiger partial charge >= 0.3 is 0 Å². The van der Waals surface area contributed by atoms with E-state index < -0.39 is 10.0 Å². The van der Waals surface area contributed by atoms with Crippen LogP contribution in [0.4, 0.5) is 0 Å². The third kappa shape index (κ3) is 2.71. The average Bonchev–Trinajstić information content (AvgIpc) is 2.94. The number of nitrogens with one attached hydrogen (secondary N) is 1. The number of rotatable bonds is 4. The van der Waals surface area contributed by atoms with Crippen LogP contribution in [0.1, 0.15) is 30.9 Å². The van der Waals surface area contributed by atoms with E-state index in [2.05, 4.69) is 4.72 Å². The van der Waals surface area contributed by atoms with E-state index in [0.29, 0.717) is 11.1 Å². The third-order valence-electron chi connectivity index (χ3n) is 3.14. The number of thiocarbonyl (C=S) groups is 1. The lowest BCUT2D eigenvalue weighted by Crippen LogP contribution is -2.34. The molecule has 0 spiro atoms. The summed E-state index contributed by atoms with van der Waals surface area (Å²) in [6, 6.07) is 4.99. The Morgan fingerprint density at radius 2 is 2.06 bits per heavy atom.